The number of rotatable bonds is 7. The van der Waals surface area contributed by atoms with Crippen molar-refractivity contribution in [1.29, 1.82) is 0 Å². The van der Waals surface area contributed by atoms with E-state index in [0.29, 0.717) is 33.2 Å². The number of nitrogens with zero attached hydrogens (tertiary/aromatic N) is 3. The molecule has 3 aromatic carbocycles. The van der Waals surface area contributed by atoms with Crippen molar-refractivity contribution in [3.8, 4) is 11.3 Å². The molecule has 0 spiro atoms. The highest BCUT2D eigenvalue weighted by atomic mass is 19.1. The predicted octanol–water partition coefficient (Wildman–Crippen LogP) is 3.07. The number of hydrogen-bond acceptors (Lipinski definition) is 6. The molecule has 38 heavy (non-hydrogen) atoms. The summed E-state index contributed by atoms with van der Waals surface area (Å²) in [7, 11) is 0. The Morgan fingerprint density at radius 2 is 1.63 bits per heavy atom. The van der Waals surface area contributed by atoms with Crippen molar-refractivity contribution >= 4 is 28.8 Å². The van der Waals surface area contributed by atoms with Crippen LogP contribution in [-0.4, -0.2) is 38.4 Å². The maximum absolute atomic E-state index is 13.3. The highest BCUT2D eigenvalue weighted by Gasteiger charge is 2.27. The van der Waals surface area contributed by atoms with E-state index in [1.807, 2.05) is 0 Å². The van der Waals surface area contributed by atoms with Crippen molar-refractivity contribution in [2.45, 2.75) is 6.04 Å². The molecule has 0 aliphatic carbocycles. The molecule has 0 aliphatic rings. The van der Waals surface area contributed by atoms with Crippen molar-refractivity contribution in [1.82, 2.24) is 31.1 Å². The second-order valence-electron chi connectivity index (χ2n) is 8.20. The second-order valence-corrected chi connectivity index (χ2v) is 8.20. The number of amides is 2. The third kappa shape index (κ3) is 5.07. The van der Waals surface area contributed by atoms with Crippen LogP contribution < -0.4 is 16.3 Å². The fourth-order valence-corrected chi connectivity index (χ4v) is 3.89. The molecule has 0 fully saturated rings. The Balaban J connectivity index is 1.44. The van der Waals surface area contributed by atoms with Crippen LogP contribution in [-0.2, 0) is 4.79 Å². The highest BCUT2D eigenvalue weighted by molar-refractivity contribution is 5.99. The van der Waals surface area contributed by atoms with Gasteiger partial charge in [0.2, 0.25) is 0 Å². The number of hydrazone groups is 1. The number of carbonyl (C=O) groups excluding carboxylic acids is 2. The number of carbonyl (C=O) groups is 2. The third-order valence-electron chi connectivity index (χ3n) is 5.75. The Morgan fingerprint density at radius 1 is 0.921 bits per heavy atom. The van der Waals surface area contributed by atoms with Crippen LogP contribution in [0.1, 0.15) is 27.7 Å². The lowest BCUT2D eigenvalue weighted by atomic mass is 10.0. The maximum atomic E-state index is 13.3. The summed E-state index contributed by atoms with van der Waals surface area (Å²) in [6, 6.07) is 19.5. The summed E-state index contributed by atoms with van der Waals surface area (Å²) < 4.78 is 13.3. The Bertz CT molecular complexity index is 1700. The molecular formula is C27H20FN7O3. The SMILES string of the molecule is O=C(N[C@H](C(=O)N/N=C\c1cn[nH]c1-c1ccc(F)cc1)c1n[nH]c(=O)c2ccccc12)c1ccccc1. The smallest absolute Gasteiger partial charge is 0.272 e. The van der Waals surface area contributed by atoms with Crippen LogP contribution in [0.3, 0.4) is 0 Å². The number of halogens is 1. The fraction of sp³-hybridized carbons (Fsp3) is 0.0370. The quantitative estimate of drug-likeness (QED) is 0.197. The van der Waals surface area contributed by atoms with E-state index >= 15 is 0 Å². The van der Waals surface area contributed by atoms with Crippen LogP contribution in [0.15, 0.2) is 95.0 Å². The van der Waals surface area contributed by atoms with Gasteiger partial charge in [-0.25, -0.2) is 14.9 Å². The average molecular weight is 510 g/mol. The van der Waals surface area contributed by atoms with Crippen LogP contribution in [0.4, 0.5) is 4.39 Å². The van der Waals surface area contributed by atoms with E-state index in [1.165, 1.54) is 24.5 Å². The summed E-state index contributed by atoms with van der Waals surface area (Å²) in [4.78, 5) is 38.6. The van der Waals surface area contributed by atoms with E-state index < -0.39 is 23.4 Å². The Labute approximate surface area is 214 Å². The Morgan fingerprint density at radius 3 is 2.39 bits per heavy atom. The van der Waals surface area contributed by atoms with Crippen molar-refractivity contribution in [3.63, 3.8) is 0 Å². The lowest BCUT2D eigenvalue weighted by molar-refractivity contribution is -0.123. The average Bonchev–Trinajstić information content (AvgIpc) is 3.41. The third-order valence-corrected chi connectivity index (χ3v) is 5.75. The van der Waals surface area contributed by atoms with E-state index in [0.717, 1.165) is 0 Å². The molecule has 2 heterocycles. The number of nitrogens with one attached hydrogen (secondary N) is 4. The van der Waals surface area contributed by atoms with Gasteiger partial charge in [-0.05, 0) is 42.5 Å². The minimum Gasteiger partial charge on any atom is -0.335 e. The van der Waals surface area contributed by atoms with Gasteiger partial charge >= 0.3 is 0 Å². The van der Waals surface area contributed by atoms with Crippen LogP contribution in [0.5, 0.6) is 0 Å². The molecule has 2 aromatic heterocycles. The van der Waals surface area contributed by atoms with E-state index in [2.05, 4.69) is 36.2 Å². The molecule has 0 radical (unpaired) electrons. The van der Waals surface area contributed by atoms with Crippen LogP contribution in [0.2, 0.25) is 0 Å². The van der Waals surface area contributed by atoms with Crippen LogP contribution >= 0.6 is 0 Å². The number of fused-ring (bicyclic) bond motifs is 1. The molecule has 0 aliphatic heterocycles. The highest BCUT2D eigenvalue weighted by Crippen LogP contribution is 2.22. The molecular weight excluding hydrogens is 489 g/mol. The van der Waals surface area contributed by atoms with E-state index in [9.17, 15) is 18.8 Å². The summed E-state index contributed by atoms with van der Waals surface area (Å²) in [6.07, 6.45) is 2.87. The van der Waals surface area contributed by atoms with Crippen molar-refractivity contribution < 1.29 is 14.0 Å². The number of benzene rings is 3. The summed E-state index contributed by atoms with van der Waals surface area (Å²) in [6.45, 7) is 0. The summed E-state index contributed by atoms with van der Waals surface area (Å²) in [5.41, 5.74) is 4.27. The zero-order chi connectivity index (χ0) is 26.5. The first-order valence-electron chi connectivity index (χ1n) is 11.5. The lowest BCUT2D eigenvalue weighted by Crippen LogP contribution is -2.40. The number of aromatic amines is 2. The Kier molecular flexibility index (Phi) is 6.81. The first-order valence-corrected chi connectivity index (χ1v) is 11.5. The monoisotopic (exact) mass is 509 g/mol. The molecule has 0 bridgehead atoms. The first-order chi connectivity index (χ1) is 18.5. The summed E-state index contributed by atoms with van der Waals surface area (Å²) in [5, 5.41) is 20.7. The Hall–Kier alpha value is -5.45. The van der Waals surface area contributed by atoms with Crippen molar-refractivity contribution in [2.24, 2.45) is 5.10 Å². The standard InChI is InChI=1S/C27H20FN7O3/c28-19-12-10-16(11-13-19)22-18(14-29-32-22)15-30-34-27(38)24(31-25(36)17-6-2-1-3-7-17)23-20-8-4-5-9-21(20)26(37)35-33-23/h1-15,24H,(H,29,32)(H,31,36)(H,34,38)(H,35,37)/b30-15-/t24-/m0/s1. The zero-order valence-electron chi connectivity index (χ0n) is 19.7. The fourth-order valence-electron chi connectivity index (χ4n) is 3.89. The van der Waals surface area contributed by atoms with Gasteiger partial charge in [0.1, 0.15) is 11.5 Å². The number of aromatic nitrogens is 4. The van der Waals surface area contributed by atoms with Gasteiger partial charge in [0.15, 0.2) is 6.04 Å². The van der Waals surface area contributed by atoms with Crippen molar-refractivity contribution in [3.05, 3.63) is 118 Å². The topological polar surface area (TPSA) is 145 Å². The van der Waals surface area contributed by atoms with Gasteiger partial charge in [0.25, 0.3) is 17.4 Å². The molecule has 188 valence electrons. The maximum Gasteiger partial charge on any atom is 0.272 e. The largest absolute Gasteiger partial charge is 0.335 e. The molecule has 0 unspecified atom stereocenters. The van der Waals surface area contributed by atoms with E-state index in [4.69, 9.17) is 0 Å². The lowest BCUT2D eigenvalue weighted by Gasteiger charge is -2.18. The van der Waals surface area contributed by atoms with Gasteiger partial charge < -0.3 is 5.32 Å². The molecule has 5 rings (SSSR count). The first kappa shape index (κ1) is 24.3. The van der Waals surface area contributed by atoms with Crippen LogP contribution in [0, 0.1) is 5.82 Å². The second kappa shape index (κ2) is 10.7. The van der Waals surface area contributed by atoms with E-state index in [1.54, 1.807) is 66.7 Å². The molecule has 2 amide bonds. The van der Waals surface area contributed by atoms with Gasteiger partial charge in [0, 0.05) is 22.1 Å². The molecule has 1 atom stereocenters. The normalized spacial score (nSPS) is 11.9. The van der Waals surface area contributed by atoms with Gasteiger partial charge in [-0.15, -0.1) is 0 Å². The van der Waals surface area contributed by atoms with Crippen LogP contribution in [0.25, 0.3) is 22.0 Å². The minimum absolute atomic E-state index is 0.146. The van der Waals surface area contributed by atoms with Gasteiger partial charge in [-0.3, -0.25) is 19.5 Å². The van der Waals surface area contributed by atoms with Crippen molar-refractivity contribution in [2.75, 3.05) is 0 Å². The molecule has 0 saturated carbocycles. The zero-order valence-corrected chi connectivity index (χ0v) is 19.7. The molecule has 5 aromatic rings. The summed E-state index contributed by atoms with van der Waals surface area (Å²) in [5.74, 6) is -1.58. The minimum atomic E-state index is -1.29. The van der Waals surface area contributed by atoms with Gasteiger partial charge in [-0.2, -0.15) is 15.3 Å². The molecule has 11 heteroatoms. The summed E-state index contributed by atoms with van der Waals surface area (Å²) >= 11 is 0. The van der Waals surface area contributed by atoms with Gasteiger partial charge in [-0.1, -0.05) is 36.4 Å². The molecule has 0 saturated heterocycles. The van der Waals surface area contributed by atoms with E-state index in [-0.39, 0.29) is 11.5 Å². The number of H-pyrrole nitrogens is 2. The predicted molar refractivity (Wildman–Crippen MR) is 139 cm³/mol. The molecule has 4 N–H and O–H groups in total. The van der Waals surface area contributed by atoms with Gasteiger partial charge in [0.05, 0.1) is 23.5 Å². The number of hydrogen-bond donors (Lipinski definition) is 4. The molecule has 10 nitrogen and oxygen atoms in total.